The lowest BCUT2D eigenvalue weighted by atomic mass is 9.98. The van der Waals surface area contributed by atoms with Gasteiger partial charge in [-0.25, -0.2) is 14.0 Å². The van der Waals surface area contributed by atoms with Gasteiger partial charge in [-0.1, -0.05) is 54.6 Å². The molecule has 180 valence electrons. The number of halogens is 1. The van der Waals surface area contributed by atoms with Gasteiger partial charge in [0, 0.05) is 13.0 Å². The van der Waals surface area contributed by atoms with E-state index >= 15 is 0 Å². The molecule has 8 nitrogen and oxygen atoms in total. The van der Waals surface area contributed by atoms with Crippen molar-refractivity contribution in [3.8, 4) is 11.1 Å². The number of para-hydroxylation sites is 1. The Hall–Kier alpha value is -4.24. The Morgan fingerprint density at radius 3 is 2.20 bits per heavy atom. The van der Waals surface area contributed by atoms with Crippen LogP contribution in [-0.4, -0.2) is 49.4 Å². The van der Waals surface area contributed by atoms with Crippen LogP contribution in [-0.2, 0) is 14.3 Å². The molecule has 3 N–H and O–H groups in total. The van der Waals surface area contributed by atoms with Crippen LogP contribution in [0.5, 0.6) is 0 Å². The van der Waals surface area contributed by atoms with E-state index in [1.54, 1.807) is 0 Å². The Balaban J connectivity index is 1.49. The smallest absolute Gasteiger partial charge is 0.411 e. The Morgan fingerprint density at radius 2 is 1.60 bits per heavy atom. The van der Waals surface area contributed by atoms with Gasteiger partial charge in [-0.15, -0.1) is 0 Å². The van der Waals surface area contributed by atoms with Gasteiger partial charge in [0.05, 0.1) is 17.9 Å². The molecule has 9 heteroatoms. The second-order valence-corrected chi connectivity index (χ2v) is 7.93. The molecule has 0 heterocycles. The number of amides is 2. The van der Waals surface area contributed by atoms with Crippen LogP contribution in [0.15, 0.2) is 66.7 Å². The Morgan fingerprint density at radius 1 is 0.971 bits per heavy atom. The second kappa shape index (κ2) is 10.4. The summed E-state index contributed by atoms with van der Waals surface area (Å²) < 4.78 is 24.8. The van der Waals surface area contributed by atoms with E-state index in [1.807, 2.05) is 48.5 Å². The van der Waals surface area contributed by atoms with Gasteiger partial charge in [0.15, 0.2) is 6.04 Å². The molecule has 1 aliphatic rings. The third-order valence-corrected chi connectivity index (χ3v) is 5.77. The minimum absolute atomic E-state index is 0.00473. The zero-order valence-corrected chi connectivity index (χ0v) is 18.8. The van der Waals surface area contributed by atoms with E-state index in [2.05, 4.69) is 10.6 Å². The first-order chi connectivity index (χ1) is 16.9. The molecular formula is C26H23FN2O6. The normalized spacial score (nSPS) is 12.9. The number of anilines is 1. The van der Waals surface area contributed by atoms with Crippen LogP contribution in [0.2, 0.25) is 0 Å². The highest BCUT2D eigenvalue weighted by Crippen LogP contribution is 2.44. The number of carbonyl (C=O) groups is 3. The number of carboxylic acids is 1. The van der Waals surface area contributed by atoms with Crippen molar-refractivity contribution in [2.45, 2.75) is 12.0 Å². The predicted octanol–water partition coefficient (Wildman–Crippen LogP) is 4.02. The maximum absolute atomic E-state index is 14.6. The molecule has 0 fully saturated rings. The summed E-state index contributed by atoms with van der Waals surface area (Å²) >= 11 is 0. The first kappa shape index (κ1) is 23.9. The molecule has 2 amide bonds. The average Bonchev–Trinajstić information content (AvgIpc) is 3.17. The summed E-state index contributed by atoms with van der Waals surface area (Å²) in [6.07, 6.45) is -0.947. The predicted molar refractivity (Wildman–Crippen MR) is 126 cm³/mol. The number of carboxylic acid groups (broad SMARTS) is 1. The highest BCUT2D eigenvalue weighted by molar-refractivity contribution is 6.04. The molecule has 0 unspecified atom stereocenters. The fraction of sp³-hybridized carbons (Fsp3) is 0.192. The topological polar surface area (TPSA) is 114 Å². The van der Waals surface area contributed by atoms with Crippen LogP contribution in [0, 0.1) is 5.82 Å². The summed E-state index contributed by atoms with van der Waals surface area (Å²) in [4.78, 5) is 36.6. The van der Waals surface area contributed by atoms with Crippen molar-refractivity contribution in [2.24, 2.45) is 0 Å². The molecule has 3 aromatic carbocycles. The standard InChI is InChI=1S/C26H23FN2O6/c1-34-14-22(25(31)32)28-24(30)19-11-6-12-21(27)23(19)29-26(33)35-13-20-17-9-4-2-7-15(17)16-8-3-5-10-18(16)20/h2-12,20,22H,13-14H2,1H3,(H,28,30)(H,29,33)(H,31,32)/t22-/m0/s1. The molecule has 3 aromatic rings. The van der Waals surface area contributed by atoms with Crippen LogP contribution < -0.4 is 10.6 Å². The van der Waals surface area contributed by atoms with Crippen molar-refractivity contribution in [3.05, 3.63) is 89.2 Å². The van der Waals surface area contributed by atoms with E-state index in [0.717, 1.165) is 28.3 Å². The number of fused-ring (bicyclic) bond motifs is 3. The monoisotopic (exact) mass is 478 g/mol. The molecule has 4 rings (SSSR count). The lowest BCUT2D eigenvalue weighted by molar-refractivity contribution is -0.140. The zero-order valence-electron chi connectivity index (χ0n) is 18.8. The Labute approximate surface area is 200 Å². The summed E-state index contributed by atoms with van der Waals surface area (Å²) in [5, 5.41) is 13.8. The molecule has 0 saturated heterocycles. The number of aliphatic carboxylic acids is 1. The van der Waals surface area contributed by atoms with Crippen molar-refractivity contribution in [1.29, 1.82) is 0 Å². The van der Waals surface area contributed by atoms with E-state index in [9.17, 15) is 23.9 Å². The van der Waals surface area contributed by atoms with Crippen molar-refractivity contribution in [3.63, 3.8) is 0 Å². The summed E-state index contributed by atoms with van der Waals surface area (Å²) in [7, 11) is 1.29. The van der Waals surface area contributed by atoms with E-state index in [-0.39, 0.29) is 24.7 Å². The van der Waals surface area contributed by atoms with Crippen LogP contribution in [0.1, 0.15) is 27.4 Å². The Bertz CT molecular complexity index is 1230. The zero-order chi connectivity index (χ0) is 24.9. The van der Waals surface area contributed by atoms with Crippen LogP contribution in [0.3, 0.4) is 0 Å². The molecular weight excluding hydrogens is 455 g/mol. The van der Waals surface area contributed by atoms with Gasteiger partial charge < -0.3 is 19.9 Å². The average molecular weight is 478 g/mol. The van der Waals surface area contributed by atoms with E-state index in [1.165, 1.54) is 19.2 Å². The minimum atomic E-state index is -1.35. The lowest BCUT2D eigenvalue weighted by Gasteiger charge is -2.17. The van der Waals surface area contributed by atoms with Gasteiger partial charge in [-0.2, -0.15) is 0 Å². The van der Waals surface area contributed by atoms with Crippen molar-refractivity contribution < 1.29 is 33.4 Å². The largest absolute Gasteiger partial charge is 0.480 e. The number of rotatable bonds is 8. The van der Waals surface area contributed by atoms with Crippen LogP contribution in [0.25, 0.3) is 11.1 Å². The maximum atomic E-state index is 14.6. The summed E-state index contributed by atoms with van der Waals surface area (Å²) in [6, 6.07) is 17.9. The number of hydrogen-bond donors (Lipinski definition) is 3. The Kier molecular flexibility index (Phi) is 7.07. The molecule has 1 atom stereocenters. The fourth-order valence-corrected chi connectivity index (χ4v) is 4.15. The molecule has 1 aliphatic carbocycles. The molecule has 0 aliphatic heterocycles. The summed E-state index contributed by atoms with van der Waals surface area (Å²) in [5.41, 5.74) is 3.50. The number of ether oxygens (including phenoxy) is 2. The van der Waals surface area contributed by atoms with E-state index in [4.69, 9.17) is 9.47 Å². The first-order valence-electron chi connectivity index (χ1n) is 10.8. The van der Waals surface area contributed by atoms with Gasteiger partial charge in [0.25, 0.3) is 5.91 Å². The third-order valence-electron chi connectivity index (χ3n) is 5.77. The number of benzene rings is 3. The van der Waals surface area contributed by atoms with Crippen molar-refractivity contribution >= 4 is 23.7 Å². The van der Waals surface area contributed by atoms with Gasteiger partial charge in [-0.05, 0) is 34.4 Å². The second-order valence-electron chi connectivity index (χ2n) is 7.93. The third kappa shape index (κ3) is 4.99. The van der Waals surface area contributed by atoms with Gasteiger partial charge >= 0.3 is 12.1 Å². The van der Waals surface area contributed by atoms with E-state index < -0.39 is 35.5 Å². The molecule has 0 bridgehead atoms. The quantitative estimate of drug-likeness (QED) is 0.451. The van der Waals surface area contributed by atoms with Crippen molar-refractivity contribution in [2.75, 3.05) is 25.6 Å². The fourth-order valence-electron chi connectivity index (χ4n) is 4.15. The lowest BCUT2D eigenvalue weighted by Crippen LogP contribution is -2.44. The number of carbonyl (C=O) groups excluding carboxylic acids is 2. The highest BCUT2D eigenvalue weighted by Gasteiger charge is 2.29. The SMILES string of the molecule is COC[C@H](NC(=O)c1cccc(F)c1NC(=O)OCC1c2ccccc2-c2ccccc21)C(=O)O. The molecule has 0 radical (unpaired) electrons. The highest BCUT2D eigenvalue weighted by atomic mass is 19.1. The van der Waals surface area contributed by atoms with Crippen LogP contribution >= 0.6 is 0 Å². The molecule has 0 aromatic heterocycles. The minimum Gasteiger partial charge on any atom is -0.480 e. The van der Waals surface area contributed by atoms with Crippen LogP contribution in [0.4, 0.5) is 14.9 Å². The molecule has 35 heavy (non-hydrogen) atoms. The number of nitrogens with one attached hydrogen (secondary N) is 2. The molecule has 0 saturated carbocycles. The number of methoxy groups -OCH3 is 1. The van der Waals surface area contributed by atoms with Gasteiger partial charge in [0.1, 0.15) is 12.4 Å². The summed E-state index contributed by atoms with van der Waals surface area (Å²) in [6.45, 7) is -0.281. The summed E-state index contributed by atoms with van der Waals surface area (Å²) in [5.74, 6) is -3.27. The van der Waals surface area contributed by atoms with Gasteiger partial charge in [-0.3, -0.25) is 10.1 Å². The first-order valence-corrected chi connectivity index (χ1v) is 10.8. The van der Waals surface area contributed by atoms with E-state index in [0.29, 0.717) is 0 Å². The van der Waals surface area contributed by atoms with Gasteiger partial charge in [0.2, 0.25) is 0 Å². The maximum Gasteiger partial charge on any atom is 0.411 e. The molecule has 0 spiro atoms. The number of hydrogen-bond acceptors (Lipinski definition) is 5. The van der Waals surface area contributed by atoms with Crippen molar-refractivity contribution in [1.82, 2.24) is 5.32 Å².